The van der Waals surface area contributed by atoms with Crippen LogP contribution in [0, 0.1) is 13.8 Å². The Morgan fingerprint density at radius 2 is 1.92 bits per heavy atom. The summed E-state index contributed by atoms with van der Waals surface area (Å²) in [6.07, 6.45) is 1.66. The normalized spacial score (nSPS) is 10.1. The Bertz CT molecular complexity index is 738. The number of anilines is 1. The van der Waals surface area contributed by atoms with Crippen LogP contribution in [-0.2, 0) is 0 Å². The average molecular weight is 325 g/mol. The quantitative estimate of drug-likeness (QED) is 0.761. The predicted octanol–water partition coefficient (Wildman–Crippen LogP) is 4.52. The summed E-state index contributed by atoms with van der Waals surface area (Å²) in [6, 6.07) is 11.1. The topological polar surface area (TPSA) is 47.6 Å². The van der Waals surface area contributed by atoms with Crippen molar-refractivity contribution in [1.29, 1.82) is 0 Å². The van der Waals surface area contributed by atoms with E-state index in [1.54, 1.807) is 24.3 Å². The van der Waals surface area contributed by atoms with Crippen LogP contribution in [0.25, 0.3) is 0 Å². The van der Waals surface area contributed by atoms with Crippen molar-refractivity contribution in [3.05, 3.63) is 65.7 Å². The molecule has 1 N–H and O–H groups in total. The van der Waals surface area contributed by atoms with Gasteiger partial charge in [-0.1, -0.05) is 24.8 Å². The summed E-state index contributed by atoms with van der Waals surface area (Å²) in [4.78, 5) is 12.5. The van der Waals surface area contributed by atoms with Gasteiger partial charge in [-0.15, -0.1) is 0 Å². The van der Waals surface area contributed by atoms with Crippen LogP contribution in [0.4, 0.5) is 5.69 Å². The van der Waals surface area contributed by atoms with Gasteiger partial charge >= 0.3 is 0 Å². The first-order chi connectivity index (χ1) is 11.5. The van der Waals surface area contributed by atoms with Crippen molar-refractivity contribution in [3.63, 3.8) is 0 Å². The van der Waals surface area contributed by atoms with Crippen molar-refractivity contribution < 1.29 is 14.3 Å². The van der Waals surface area contributed by atoms with E-state index < -0.39 is 0 Å². The highest BCUT2D eigenvalue weighted by Crippen LogP contribution is 2.29. The Morgan fingerprint density at radius 1 is 1.12 bits per heavy atom. The van der Waals surface area contributed by atoms with Gasteiger partial charge in [-0.25, -0.2) is 0 Å². The van der Waals surface area contributed by atoms with Crippen LogP contribution in [0.5, 0.6) is 11.5 Å². The first kappa shape index (κ1) is 17.6. The molecular formula is C20H23NO3. The van der Waals surface area contributed by atoms with Gasteiger partial charge in [0.1, 0.15) is 6.61 Å². The van der Waals surface area contributed by atoms with Crippen molar-refractivity contribution >= 4 is 11.6 Å². The summed E-state index contributed by atoms with van der Waals surface area (Å²) in [5, 5.41) is 2.95. The molecule has 2 aromatic carbocycles. The van der Waals surface area contributed by atoms with E-state index in [2.05, 4.69) is 11.9 Å². The van der Waals surface area contributed by atoms with Crippen molar-refractivity contribution in [2.45, 2.75) is 20.8 Å². The minimum Gasteiger partial charge on any atom is -0.490 e. The molecule has 0 fully saturated rings. The van der Waals surface area contributed by atoms with E-state index in [1.807, 2.05) is 39.0 Å². The highest BCUT2D eigenvalue weighted by atomic mass is 16.5. The molecule has 0 aliphatic carbocycles. The zero-order valence-corrected chi connectivity index (χ0v) is 14.4. The summed E-state index contributed by atoms with van der Waals surface area (Å²) in [5.74, 6) is 0.966. The van der Waals surface area contributed by atoms with Crippen LogP contribution in [-0.4, -0.2) is 19.1 Å². The van der Waals surface area contributed by atoms with Crippen LogP contribution in [0.15, 0.2) is 49.1 Å². The molecule has 1 amide bonds. The second-order valence-electron chi connectivity index (χ2n) is 5.47. The van der Waals surface area contributed by atoms with Gasteiger partial charge in [0.2, 0.25) is 0 Å². The SMILES string of the molecule is C=CCOc1ccc(C(=O)Nc2cc(C)ccc2C)cc1OCC. The standard InChI is InChI=1S/C20H23NO3/c1-5-11-24-18-10-9-16(13-19(18)23-6-2)20(22)21-17-12-14(3)7-8-15(17)4/h5,7-10,12-13H,1,6,11H2,2-4H3,(H,21,22). The maximum Gasteiger partial charge on any atom is 0.255 e. The number of hydrogen-bond donors (Lipinski definition) is 1. The Kier molecular flexibility index (Phi) is 6.01. The maximum atomic E-state index is 12.5. The number of carbonyl (C=O) groups excluding carboxylic acids is 1. The van der Waals surface area contributed by atoms with E-state index in [0.29, 0.717) is 30.3 Å². The van der Waals surface area contributed by atoms with Crippen LogP contribution in [0.1, 0.15) is 28.4 Å². The second-order valence-corrected chi connectivity index (χ2v) is 5.47. The van der Waals surface area contributed by atoms with Gasteiger partial charge in [0.05, 0.1) is 6.61 Å². The fourth-order valence-corrected chi connectivity index (χ4v) is 2.25. The minimum atomic E-state index is -0.181. The van der Waals surface area contributed by atoms with E-state index in [9.17, 15) is 4.79 Å². The van der Waals surface area contributed by atoms with Crippen molar-refractivity contribution in [2.24, 2.45) is 0 Å². The molecule has 4 heteroatoms. The number of ether oxygens (including phenoxy) is 2. The third-order valence-corrected chi connectivity index (χ3v) is 3.50. The van der Waals surface area contributed by atoms with E-state index in [1.165, 1.54) is 0 Å². The van der Waals surface area contributed by atoms with E-state index >= 15 is 0 Å². The van der Waals surface area contributed by atoms with Crippen molar-refractivity contribution in [3.8, 4) is 11.5 Å². The van der Waals surface area contributed by atoms with Crippen molar-refractivity contribution in [2.75, 3.05) is 18.5 Å². The number of nitrogens with one attached hydrogen (secondary N) is 1. The third kappa shape index (κ3) is 4.38. The Labute approximate surface area is 143 Å². The minimum absolute atomic E-state index is 0.181. The molecule has 0 radical (unpaired) electrons. The van der Waals surface area contributed by atoms with Crippen LogP contribution < -0.4 is 14.8 Å². The lowest BCUT2D eigenvalue weighted by molar-refractivity contribution is 0.102. The zero-order valence-electron chi connectivity index (χ0n) is 14.4. The average Bonchev–Trinajstić information content (AvgIpc) is 2.57. The highest BCUT2D eigenvalue weighted by Gasteiger charge is 2.12. The molecule has 2 aromatic rings. The molecule has 0 aliphatic heterocycles. The molecule has 0 aliphatic rings. The molecule has 24 heavy (non-hydrogen) atoms. The molecule has 2 rings (SSSR count). The lowest BCUT2D eigenvalue weighted by Gasteiger charge is -2.13. The van der Waals surface area contributed by atoms with Crippen LogP contribution in [0.3, 0.4) is 0 Å². The second kappa shape index (κ2) is 8.20. The van der Waals surface area contributed by atoms with Crippen LogP contribution in [0.2, 0.25) is 0 Å². The molecule has 0 heterocycles. The molecule has 0 spiro atoms. The van der Waals surface area contributed by atoms with E-state index in [4.69, 9.17) is 9.47 Å². The highest BCUT2D eigenvalue weighted by molar-refractivity contribution is 6.05. The fourth-order valence-electron chi connectivity index (χ4n) is 2.25. The predicted molar refractivity (Wildman–Crippen MR) is 97.2 cm³/mol. The monoisotopic (exact) mass is 325 g/mol. The lowest BCUT2D eigenvalue weighted by Crippen LogP contribution is -2.13. The van der Waals surface area contributed by atoms with E-state index in [0.717, 1.165) is 16.8 Å². The van der Waals surface area contributed by atoms with Gasteiger partial charge in [0, 0.05) is 11.3 Å². The Morgan fingerprint density at radius 3 is 2.62 bits per heavy atom. The summed E-state index contributed by atoms with van der Waals surface area (Å²) >= 11 is 0. The number of rotatable bonds is 7. The maximum absolute atomic E-state index is 12.5. The summed E-state index contributed by atoms with van der Waals surface area (Å²) in [5.41, 5.74) is 3.44. The van der Waals surface area contributed by atoms with Gasteiger partial charge in [0.25, 0.3) is 5.91 Å². The lowest BCUT2D eigenvalue weighted by atomic mass is 10.1. The van der Waals surface area contributed by atoms with Crippen molar-refractivity contribution in [1.82, 2.24) is 0 Å². The molecule has 0 aromatic heterocycles. The summed E-state index contributed by atoms with van der Waals surface area (Å²) in [6.45, 7) is 10.4. The Balaban J connectivity index is 2.23. The smallest absolute Gasteiger partial charge is 0.255 e. The van der Waals surface area contributed by atoms with E-state index in [-0.39, 0.29) is 5.91 Å². The molecule has 0 saturated carbocycles. The summed E-state index contributed by atoms with van der Waals surface area (Å²) < 4.78 is 11.1. The molecule has 4 nitrogen and oxygen atoms in total. The number of aryl methyl sites for hydroxylation is 2. The molecular weight excluding hydrogens is 302 g/mol. The number of carbonyl (C=O) groups is 1. The molecule has 126 valence electrons. The first-order valence-electron chi connectivity index (χ1n) is 7.94. The first-order valence-corrected chi connectivity index (χ1v) is 7.94. The van der Waals surface area contributed by atoms with Gasteiger partial charge in [-0.2, -0.15) is 0 Å². The zero-order chi connectivity index (χ0) is 17.5. The summed E-state index contributed by atoms with van der Waals surface area (Å²) in [7, 11) is 0. The molecule has 0 unspecified atom stereocenters. The fraction of sp³-hybridized carbons (Fsp3) is 0.250. The molecule has 0 atom stereocenters. The van der Waals surface area contributed by atoms with Gasteiger partial charge in [0.15, 0.2) is 11.5 Å². The Hall–Kier alpha value is -2.75. The number of amides is 1. The van der Waals surface area contributed by atoms with Crippen LogP contribution >= 0.6 is 0 Å². The largest absolute Gasteiger partial charge is 0.490 e. The third-order valence-electron chi connectivity index (χ3n) is 3.50. The van der Waals surface area contributed by atoms with Gasteiger partial charge in [-0.3, -0.25) is 4.79 Å². The molecule has 0 bridgehead atoms. The van der Waals surface area contributed by atoms with Gasteiger partial charge in [-0.05, 0) is 56.2 Å². The molecule has 0 saturated heterocycles. The number of benzene rings is 2. The number of hydrogen-bond acceptors (Lipinski definition) is 3. The van der Waals surface area contributed by atoms with Gasteiger partial charge < -0.3 is 14.8 Å².